The third-order valence-corrected chi connectivity index (χ3v) is 6.61. The number of carbonyl (C=O) groups excluding carboxylic acids is 1. The van der Waals surface area contributed by atoms with Gasteiger partial charge in [-0.05, 0) is 35.9 Å². The van der Waals surface area contributed by atoms with Crippen molar-refractivity contribution in [3.8, 4) is 0 Å². The Balaban J connectivity index is 1.70. The maximum Gasteiger partial charge on any atom is 0.257 e. The van der Waals surface area contributed by atoms with Gasteiger partial charge >= 0.3 is 0 Å². The highest BCUT2D eigenvalue weighted by Gasteiger charge is 2.13. The molecule has 1 heterocycles. The van der Waals surface area contributed by atoms with Gasteiger partial charge in [-0.2, -0.15) is 0 Å². The van der Waals surface area contributed by atoms with Crippen molar-refractivity contribution < 1.29 is 13.2 Å². The van der Waals surface area contributed by atoms with Gasteiger partial charge in [0, 0.05) is 29.3 Å². The average molecular weight is 441 g/mol. The number of benzene rings is 2. The zero-order chi connectivity index (χ0) is 19.6. The second-order valence-electron chi connectivity index (χ2n) is 5.77. The van der Waals surface area contributed by atoms with E-state index in [1.165, 1.54) is 35.6 Å². The van der Waals surface area contributed by atoms with Crippen molar-refractivity contribution in [2.75, 3.05) is 11.6 Å². The van der Waals surface area contributed by atoms with Crippen LogP contribution in [0.1, 0.15) is 20.8 Å². The summed E-state index contributed by atoms with van der Waals surface area (Å²) < 4.78 is 23.0. The normalized spacial score (nSPS) is 11.4. The topological polar surface area (TPSA) is 76.1 Å². The van der Waals surface area contributed by atoms with E-state index in [9.17, 15) is 13.2 Å². The molecule has 0 aliphatic carbocycles. The molecule has 0 aliphatic rings. The molecule has 0 radical (unpaired) electrons. The summed E-state index contributed by atoms with van der Waals surface area (Å²) >= 11 is 13.6. The van der Waals surface area contributed by atoms with Crippen LogP contribution in [-0.4, -0.2) is 25.6 Å². The highest BCUT2D eigenvalue weighted by molar-refractivity contribution is 7.90. The first-order valence-corrected chi connectivity index (χ1v) is 11.2. The minimum atomic E-state index is -3.30. The van der Waals surface area contributed by atoms with Crippen LogP contribution in [-0.2, 0) is 16.3 Å². The lowest BCUT2D eigenvalue weighted by atomic mass is 10.1. The van der Waals surface area contributed by atoms with Crippen molar-refractivity contribution in [1.82, 2.24) is 4.98 Å². The van der Waals surface area contributed by atoms with Crippen molar-refractivity contribution in [3.05, 3.63) is 74.7 Å². The monoisotopic (exact) mass is 440 g/mol. The maximum absolute atomic E-state index is 12.3. The molecular weight excluding hydrogens is 427 g/mol. The van der Waals surface area contributed by atoms with Gasteiger partial charge in [-0.15, -0.1) is 11.3 Å². The van der Waals surface area contributed by atoms with Crippen molar-refractivity contribution in [1.29, 1.82) is 0 Å². The zero-order valence-corrected chi connectivity index (χ0v) is 17.2. The molecule has 27 heavy (non-hydrogen) atoms. The van der Waals surface area contributed by atoms with E-state index in [1.807, 2.05) is 12.1 Å². The van der Waals surface area contributed by atoms with E-state index in [2.05, 4.69) is 10.3 Å². The fourth-order valence-corrected chi connectivity index (χ4v) is 4.19. The largest absolute Gasteiger partial charge is 0.298 e. The Morgan fingerprint density at radius 2 is 1.85 bits per heavy atom. The molecule has 0 saturated heterocycles. The van der Waals surface area contributed by atoms with Crippen LogP contribution in [0.4, 0.5) is 5.13 Å². The van der Waals surface area contributed by atoms with Gasteiger partial charge in [0.2, 0.25) is 0 Å². The maximum atomic E-state index is 12.3. The molecule has 1 amide bonds. The highest BCUT2D eigenvalue weighted by atomic mass is 35.5. The SMILES string of the molecule is CS(=O)(=O)c1ccc(C(=O)Nc2ncc(Cc3cccc(Cl)c3Cl)s2)cc1. The van der Waals surface area contributed by atoms with Crippen LogP contribution in [0.5, 0.6) is 0 Å². The molecular formula is C18H14Cl2N2O3S2. The summed E-state index contributed by atoms with van der Waals surface area (Å²) in [6.45, 7) is 0. The van der Waals surface area contributed by atoms with E-state index in [-0.39, 0.29) is 10.8 Å². The Labute approximate surface area is 170 Å². The number of carbonyl (C=O) groups is 1. The van der Waals surface area contributed by atoms with Gasteiger partial charge in [0.15, 0.2) is 15.0 Å². The molecule has 0 fully saturated rings. The number of halogens is 2. The summed E-state index contributed by atoms with van der Waals surface area (Å²) in [7, 11) is -3.30. The summed E-state index contributed by atoms with van der Waals surface area (Å²) in [6.07, 6.45) is 3.34. The molecule has 0 bridgehead atoms. The van der Waals surface area contributed by atoms with Gasteiger partial charge in [-0.3, -0.25) is 10.1 Å². The highest BCUT2D eigenvalue weighted by Crippen LogP contribution is 2.29. The van der Waals surface area contributed by atoms with E-state index in [0.717, 1.165) is 16.7 Å². The van der Waals surface area contributed by atoms with E-state index in [1.54, 1.807) is 12.3 Å². The number of hydrogen-bond acceptors (Lipinski definition) is 5. The van der Waals surface area contributed by atoms with Crippen molar-refractivity contribution in [2.24, 2.45) is 0 Å². The lowest BCUT2D eigenvalue weighted by molar-refractivity contribution is 0.102. The second kappa shape index (κ2) is 7.98. The van der Waals surface area contributed by atoms with Crippen molar-refractivity contribution >= 4 is 55.4 Å². The summed E-state index contributed by atoms with van der Waals surface area (Å²) in [5.74, 6) is -0.364. The van der Waals surface area contributed by atoms with Crippen LogP contribution in [0.3, 0.4) is 0 Å². The van der Waals surface area contributed by atoms with Crippen LogP contribution in [0.25, 0.3) is 0 Å². The Kier molecular flexibility index (Phi) is 5.86. The van der Waals surface area contributed by atoms with Gasteiger partial charge in [0.1, 0.15) is 0 Å². The predicted molar refractivity (Wildman–Crippen MR) is 109 cm³/mol. The first-order valence-electron chi connectivity index (χ1n) is 7.73. The number of nitrogens with zero attached hydrogens (tertiary/aromatic N) is 1. The third-order valence-electron chi connectivity index (χ3n) is 3.71. The molecule has 1 N–H and O–H groups in total. The van der Waals surface area contributed by atoms with Gasteiger partial charge in [0.25, 0.3) is 5.91 Å². The number of thiazole rings is 1. The quantitative estimate of drug-likeness (QED) is 0.623. The fourth-order valence-electron chi connectivity index (χ4n) is 2.34. The minimum Gasteiger partial charge on any atom is -0.298 e. The van der Waals surface area contributed by atoms with Gasteiger partial charge in [-0.25, -0.2) is 13.4 Å². The number of anilines is 1. The standard InChI is InChI=1S/C18H14Cl2N2O3S2/c1-27(24,25)14-7-5-11(6-8-14)17(23)22-18-21-10-13(26-18)9-12-3-2-4-15(19)16(12)20/h2-8,10H,9H2,1H3,(H,21,22,23). The van der Waals surface area contributed by atoms with E-state index in [0.29, 0.717) is 27.2 Å². The first-order chi connectivity index (χ1) is 12.7. The number of aromatic nitrogens is 1. The molecule has 0 spiro atoms. The molecule has 3 aromatic rings. The Morgan fingerprint density at radius 3 is 2.52 bits per heavy atom. The van der Waals surface area contributed by atoms with E-state index < -0.39 is 9.84 Å². The fraction of sp³-hybridized carbons (Fsp3) is 0.111. The van der Waals surface area contributed by atoms with E-state index >= 15 is 0 Å². The number of amides is 1. The number of rotatable bonds is 5. The molecule has 9 heteroatoms. The zero-order valence-electron chi connectivity index (χ0n) is 14.1. The summed E-state index contributed by atoms with van der Waals surface area (Å²) in [5, 5.41) is 4.15. The van der Waals surface area contributed by atoms with Crippen LogP contribution in [0, 0.1) is 0 Å². The second-order valence-corrected chi connectivity index (χ2v) is 9.69. The van der Waals surface area contributed by atoms with Gasteiger partial charge in [-0.1, -0.05) is 35.3 Å². The third kappa shape index (κ3) is 4.87. The molecule has 0 aliphatic heterocycles. The molecule has 3 rings (SSSR count). The lowest BCUT2D eigenvalue weighted by Gasteiger charge is -2.04. The molecule has 0 atom stereocenters. The number of sulfone groups is 1. The van der Waals surface area contributed by atoms with Crippen molar-refractivity contribution in [2.45, 2.75) is 11.3 Å². The Morgan fingerprint density at radius 1 is 1.15 bits per heavy atom. The molecule has 140 valence electrons. The average Bonchev–Trinajstić information content (AvgIpc) is 3.05. The minimum absolute atomic E-state index is 0.161. The smallest absolute Gasteiger partial charge is 0.257 e. The Bertz CT molecular complexity index is 1090. The first kappa shape index (κ1) is 19.8. The lowest BCUT2D eigenvalue weighted by Crippen LogP contribution is -2.11. The molecule has 5 nitrogen and oxygen atoms in total. The van der Waals surface area contributed by atoms with Gasteiger partial charge < -0.3 is 0 Å². The summed E-state index contributed by atoms with van der Waals surface area (Å²) in [5.41, 5.74) is 1.22. The van der Waals surface area contributed by atoms with Crippen LogP contribution in [0.2, 0.25) is 10.0 Å². The van der Waals surface area contributed by atoms with Crippen molar-refractivity contribution in [3.63, 3.8) is 0 Å². The number of hydrogen-bond donors (Lipinski definition) is 1. The number of nitrogens with one attached hydrogen (secondary N) is 1. The molecule has 0 saturated carbocycles. The summed E-state index contributed by atoms with van der Waals surface area (Å²) in [4.78, 5) is 17.6. The van der Waals surface area contributed by atoms with Crippen LogP contribution >= 0.6 is 34.5 Å². The molecule has 2 aromatic carbocycles. The molecule has 1 aromatic heterocycles. The Hall–Kier alpha value is -1.93. The van der Waals surface area contributed by atoms with Gasteiger partial charge in [0.05, 0.1) is 14.9 Å². The predicted octanol–water partition coefficient (Wildman–Crippen LogP) is 4.70. The summed E-state index contributed by atoms with van der Waals surface area (Å²) in [6, 6.07) is 11.2. The van der Waals surface area contributed by atoms with Crippen LogP contribution in [0.15, 0.2) is 53.6 Å². The molecule has 0 unspecified atom stereocenters. The van der Waals surface area contributed by atoms with E-state index in [4.69, 9.17) is 23.2 Å². The van der Waals surface area contributed by atoms with Crippen LogP contribution < -0.4 is 5.32 Å².